The van der Waals surface area contributed by atoms with Gasteiger partial charge in [0.25, 0.3) is 0 Å². The van der Waals surface area contributed by atoms with Crippen LogP contribution in [0.25, 0.3) is 0 Å². The highest BCUT2D eigenvalue weighted by atomic mass is 35.5. The predicted molar refractivity (Wildman–Crippen MR) is 88.5 cm³/mol. The van der Waals surface area contributed by atoms with Gasteiger partial charge in [0, 0.05) is 6.26 Å². The van der Waals surface area contributed by atoms with Gasteiger partial charge in [-0.2, -0.15) is 0 Å². The highest BCUT2D eigenvalue weighted by molar-refractivity contribution is 7.90. The number of Topliss-reactive ketones (excluding diaryl/α,β-unsaturated/α-hetero) is 1. The van der Waals surface area contributed by atoms with Gasteiger partial charge in [-0.1, -0.05) is 23.2 Å². The van der Waals surface area contributed by atoms with Crippen molar-refractivity contribution in [2.45, 2.75) is 4.90 Å². The number of carbonyl (C=O) groups excluding carboxylic acids is 2. The molecule has 23 heavy (non-hydrogen) atoms. The van der Waals surface area contributed by atoms with Crippen molar-refractivity contribution in [3.8, 4) is 0 Å². The van der Waals surface area contributed by atoms with E-state index in [1.54, 1.807) is 6.07 Å². The molecule has 0 bridgehead atoms. The zero-order chi connectivity index (χ0) is 17.2. The van der Waals surface area contributed by atoms with E-state index >= 15 is 0 Å². The van der Waals surface area contributed by atoms with E-state index in [-0.39, 0.29) is 15.5 Å². The quantitative estimate of drug-likeness (QED) is 0.574. The summed E-state index contributed by atoms with van der Waals surface area (Å²) < 4.78 is 28.4. The van der Waals surface area contributed by atoms with Crippen LogP contribution in [0, 0.1) is 0 Å². The average Bonchev–Trinajstić information content (AvgIpc) is 2.90. The Balaban J connectivity index is 2.13. The smallest absolute Gasteiger partial charge is 0.340 e. The van der Waals surface area contributed by atoms with Crippen molar-refractivity contribution in [3.05, 3.63) is 50.1 Å². The number of hydrogen-bond acceptors (Lipinski definition) is 6. The van der Waals surface area contributed by atoms with Gasteiger partial charge in [0.1, 0.15) is 0 Å². The molecule has 0 radical (unpaired) electrons. The van der Waals surface area contributed by atoms with E-state index in [4.69, 9.17) is 27.9 Å². The fraction of sp³-hybridized carbons (Fsp3) is 0.143. The molecule has 0 amide bonds. The van der Waals surface area contributed by atoms with Crippen LogP contribution < -0.4 is 0 Å². The van der Waals surface area contributed by atoms with Crippen LogP contribution in [0.5, 0.6) is 0 Å². The van der Waals surface area contributed by atoms with E-state index < -0.39 is 28.2 Å². The molecule has 0 spiro atoms. The van der Waals surface area contributed by atoms with Gasteiger partial charge in [0.2, 0.25) is 5.78 Å². The zero-order valence-corrected chi connectivity index (χ0v) is 14.9. The summed E-state index contributed by atoms with van der Waals surface area (Å²) in [4.78, 5) is 24.2. The number of thiophene rings is 1. The Bertz CT molecular complexity index is 871. The number of rotatable bonds is 5. The van der Waals surface area contributed by atoms with E-state index in [2.05, 4.69) is 0 Å². The molecule has 0 fully saturated rings. The number of carbonyl (C=O) groups is 2. The van der Waals surface area contributed by atoms with Gasteiger partial charge in [0.15, 0.2) is 16.4 Å². The second-order valence-electron chi connectivity index (χ2n) is 4.52. The topological polar surface area (TPSA) is 77.5 Å². The number of hydrogen-bond donors (Lipinski definition) is 0. The maximum atomic E-state index is 12.0. The van der Waals surface area contributed by atoms with Gasteiger partial charge in [-0.05, 0) is 30.3 Å². The third-order valence-electron chi connectivity index (χ3n) is 2.77. The largest absolute Gasteiger partial charge is 0.454 e. The summed E-state index contributed by atoms with van der Waals surface area (Å²) in [7, 11) is -3.49. The lowest BCUT2D eigenvalue weighted by atomic mass is 10.2. The molecule has 1 aromatic heterocycles. The molecule has 0 N–H and O–H groups in total. The SMILES string of the molecule is CS(=O)(=O)c1ccc(Cl)c(C(=O)OCC(=O)c2ccc(Cl)s2)c1. The third kappa shape index (κ3) is 4.54. The van der Waals surface area contributed by atoms with E-state index in [1.165, 1.54) is 18.2 Å². The summed E-state index contributed by atoms with van der Waals surface area (Å²) in [6.07, 6.45) is 1.01. The van der Waals surface area contributed by atoms with E-state index in [1.807, 2.05) is 0 Å². The number of benzene rings is 1. The van der Waals surface area contributed by atoms with Gasteiger partial charge < -0.3 is 4.74 Å². The molecule has 2 rings (SSSR count). The van der Waals surface area contributed by atoms with Gasteiger partial charge >= 0.3 is 5.97 Å². The third-order valence-corrected chi connectivity index (χ3v) is 5.48. The molecule has 0 aliphatic carbocycles. The van der Waals surface area contributed by atoms with Crippen LogP contribution in [0.3, 0.4) is 0 Å². The Labute approximate surface area is 146 Å². The molecule has 0 aliphatic heterocycles. The molecule has 2 aromatic rings. The lowest BCUT2D eigenvalue weighted by Gasteiger charge is -2.07. The average molecular weight is 393 g/mol. The Morgan fingerprint density at radius 3 is 2.43 bits per heavy atom. The normalized spacial score (nSPS) is 11.3. The van der Waals surface area contributed by atoms with Gasteiger partial charge in [-0.25, -0.2) is 13.2 Å². The van der Waals surface area contributed by atoms with Crippen molar-refractivity contribution in [1.82, 2.24) is 0 Å². The van der Waals surface area contributed by atoms with Crippen molar-refractivity contribution < 1.29 is 22.7 Å². The lowest BCUT2D eigenvalue weighted by Crippen LogP contribution is -2.14. The minimum atomic E-state index is -3.49. The number of halogens is 2. The molecule has 5 nitrogen and oxygen atoms in total. The maximum absolute atomic E-state index is 12.0. The number of ether oxygens (including phenoxy) is 1. The van der Waals surface area contributed by atoms with Crippen molar-refractivity contribution in [2.24, 2.45) is 0 Å². The van der Waals surface area contributed by atoms with Crippen LogP contribution in [0.4, 0.5) is 0 Å². The highest BCUT2D eigenvalue weighted by Crippen LogP contribution is 2.23. The van der Waals surface area contributed by atoms with Gasteiger partial charge in [0.05, 0.1) is 24.7 Å². The van der Waals surface area contributed by atoms with Crippen LogP contribution in [0.15, 0.2) is 35.2 Å². The minimum Gasteiger partial charge on any atom is -0.454 e. The molecular weight excluding hydrogens is 383 g/mol. The van der Waals surface area contributed by atoms with E-state index in [0.29, 0.717) is 9.21 Å². The standard InChI is InChI=1S/C14H10Cl2O5S2/c1-23(19,20)8-2-3-10(15)9(6-8)14(18)21-7-11(17)12-4-5-13(16)22-12/h2-6H,7H2,1H3. The summed E-state index contributed by atoms with van der Waals surface area (Å²) in [5.74, 6) is -1.29. The first-order valence-electron chi connectivity index (χ1n) is 6.14. The molecule has 1 aromatic carbocycles. The van der Waals surface area contributed by atoms with Gasteiger partial charge in [-0.3, -0.25) is 4.79 Å². The molecule has 9 heteroatoms. The Hall–Kier alpha value is -1.41. The second-order valence-corrected chi connectivity index (χ2v) is 8.65. The minimum absolute atomic E-state index is 0.0361. The Morgan fingerprint density at radius 1 is 1.17 bits per heavy atom. The summed E-state index contributed by atoms with van der Waals surface area (Å²) in [5.41, 5.74) is -0.119. The number of esters is 1. The van der Waals surface area contributed by atoms with Crippen molar-refractivity contribution in [2.75, 3.05) is 12.9 Å². The summed E-state index contributed by atoms with van der Waals surface area (Å²) in [6, 6.07) is 6.78. The molecule has 122 valence electrons. The lowest BCUT2D eigenvalue weighted by molar-refractivity contribution is 0.0475. The predicted octanol–water partition coefficient (Wildman–Crippen LogP) is 3.50. The van der Waals surface area contributed by atoms with E-state index in [9.17, 15) is 18.0 Å². The molecule has 0 atom stereocenters. The number of sulfone groups is 1. The molecule has 0 aliphatic rings. The molecule has 0 saturated heterocycles. The van der Waals surface area contributed by atoms with Crippen LogP contribution in [-0.2, 0) is 14.6 Å². The number of ketones is 1. The fourth-order valence-corrected chi connectivity index (χ4v) is 3.44. The zero-order valence-electron chi connectivity index (χ0n) is 11.7. The van der Waals surface area contributed by atoms with Crippen molar-refractivity contribution >= 4 is 56.1 Å². The van der Waals surface area contributed by atoms with Gasteiger partial charge in [-0.15, -0.1) is 11.3 Å². The van der Waals surface area contributed by atoms with Crippen LogP contribution in [0.1, 0.15) is 20.0 Å². The fourth-order valence-electron chi connectivity index (χ4n) is 1.64. The molecule has 0 unspecified atom stereocenters. The molecular formula is C14H10Cl2O5S2. The summed E-state index contributed by atoms with van der Waals surface area (Å²) >= 11 is 12.7. The van der Waals surface area contributed by atoms with E-state index in [0.717, 1.165) is 23.7 Å². The van der Waals surface area contributed by atoms with Crippen LogP contribution >= 0.6 is 34.5 Å². The molecule has 1 heterocycles. The Kier molecular flexibility index (Phi) is 5.46. The van der Waals surface area contributed by atoms with Crippen LogP contribution in [-0.4, -0.2) is 33.0 Å². The Morgan fingerprint density at radius 2 is 1.87 bits per heavy atom. The van der Waals surface area contributed by atoms with Crippen molar-refractivity contribution in [1.29, 1.82) is 0 Å². The summed E-state index contributed by atoms with van der Waals surface area (Å²) in [6.45, 7) is -0.491. The molecule has 0 saturated carbocycles. The first kappa shape index (κ1) is 17.9. The highest BCUT2D eigenvalue weighted by Gasteiger charge is 2.18. The first-order chi connectivity index (χ1) is 10.7. The first-order valence-corrected chi connectivity index (χ1v) is 9.60. The summed E-state index contributed by atoms with van der Waals surface area (Å²) in [5, 5.41) is 0.0361. The van der Waals surface area contributed by atoms with Crippen molar-refractivity contribution in [3.63, 3.8) is 0 Å². The monoisotopic (exact) mass is 392 g/mol. The van der Waals surface area contributed by atoms with Crippen LogP contribution in [0.2, 0.25) is 9.36 Å². The maximum Gasteiger partial charge on any atom is 0.340 e. The second kappa shape index (κ2) is 7.00.